The Kier molecular flexibility index (Phi) is 5.59. The summed E-state index contributed by atoms with van der Waals surface area (Å²) < 4.78 is 39.6. The molecule has 0 saturated carbocycles. The number of rotatable bonds is 5. The molecule has 0 bridgehead atoms. The van der Waals surface area contributed by atoms with Crippen molar-refractivity contribution in [1.82, 2.24) is 0 Å². The van der Waals surface area contributed by atoms with Crippen LogP contribution in [0.4, 0.5) is 13.2 Å². The topological polar surface area (TPSA) is 12.4 Å². The van der Waals surface area contributed by atoms with Crippen molar-refractivity contribution in [3.8, 4) is 0 Å². The van der Waals surface area contributed by atoms with Gasteiger partial charge in [0.05, 0.1) is 6.54 Å². The molecule has 23 heavy (non-hydrogen) atoms. The number of aliphatic imine (C=N–C) groups is 1. The van der Waals surface area contributed by atoms with Gasteiger partial charge in [-0.15, -0.1) is 0 Å². The molecule has 2 aromatic rings. The van der Waals surface area contributed by atoms with Gasteiger partial charge in [-0.2, -0.15) is 13.2 Å². The number of halogens is 3. The summed E-state index contributed by atoms with van der Waals surface area (Å²) in [5.74, 6) is 0.447. The zero-order valence-corrected chi connectivity index (χ0v) is 13.3. The Bertz CT molecular complexity index is 643. The van der Waals surface area contributed by atoms with Gasteiger partial charge in [0.2, 0.25) is 0 Å². The molecule has 2 rings (SSSR count). The van der Waals surface area contributed by atoms with Gasteiger partial charge in [-0.25, -0.2) is 0 Å². The fourth-order valence-electron chi connectivity index (χ4n) is 2.30. The summed E-state index contributed by atoms with van der Waals surface area (Å²) in [5.41, 5.74) is 1.23. The van der Waals surface area contributed by atoms with E-state index in [0.717, 1.165) is 12.0 Å². The van der Waals surface area contributed by atoms with Crippen LogP contribution < -0.4 is 0 Å². The Labute approximate surface area is 134 Å². The third-order valence-electron chi connectivity index (χ3n) is 3.90. The van der Waals surface area contributed by atoms with Gasteiger partial charge in [0, 0.05) is 5.56 Å². The Balaban J connectivity index is 2.21. The molecule has 2 aromatic carbocycles. The van der Waals surface area contributed by atoms with Crippen molar-refractivity contribution < 1.29 is 13.2 Å². The monoisotopic (exact) mass is 319 g/mol. The lowest BCUT2D eigenvalue weighted by molar-refractivity contribution is -0.0582. The molecule has 122 valence electrons. The maximum atomic E-state index is 13.2. The first-order chi connectivity index (χ1) is 10.9. The van der Waals surface area contributed by atoms with Crippen LogP contribution in [-0.2, 0) is 6.54 Å². The zero-order valence-electron chi connectivity index (χ0n) is 13.3. The molecule has 1 unspecified atom stereocenters. The molecule has 0 aromatic heterocycles. The molecular weight excluding hydrogens is 299 g/mol. The molecule has 0 amide bonds. The van der Waals surface area contributed by atoms with E-state index in [1.807, 2.05) is 24.3 Å². The lowest BCUT2D eigenvalue weighted by Crippen LogP contribution is -2.24. The summed E-state index contributed by atoms with van der Waals surface area (Å²) >= 11 is 0. The van der Waals surface area contributed by atoms with Gasteiger partial charge >= 0.3 is 6.18 Å². The molecule has 1 atom stereocenters. The summed E-state index contributed by atoms with van der Waals surface area (Å²) in [7, 11) is 0. The van der Waals surface area contributed by atoms with Gasteiger partial charge in [0.15, 0.2) is 0 Å². The van der Waals surface area contributed by atoms with Crippen LogP contribution in [0.1, 0.15) is 42.9 Å². The second-order valence-electron chi connectivity index (χ2n) is 5.58. The Morgan fingerprint density at radius 3 is 2.13 bits per heavy atom. The first kappa shape index (κ1) is 17.3. The summed E-state index contributed by atoms with van der Waals surface area (Å²) in [5, 5.41) is 0. The van der Waals surface area contributed by atoms with Crippen LogP contribution in [0.15, 0.2) is 59.6 Å². The summed E-state index contributed by atoms with van der Waals surface area (Å²) in [4.78, 5) is 3.82. The van der Waals surface area contributed by atoms with Crippen molar-refractivity contribution >= 4 is 5.71 Å². The van der Waals surface area contributed by atoms with Gasteiger partial charge in [-0.1, -0.05) is 68.4 Å². The molecule has 0 N–H and O–H groups in total. The van der Waals surface area contributed by atoms with Crippen LogP contribution in [-0.4, -0.2) is 11.9 Å². The van der Waals surface area contributed by atoms with Gasteiger partial charge in [0.25, 0.3) is 0 Å². The minimum absolute atomic E-state index is 0.0184. The van der Waals surface area contributed by atoms with E-state index in [2.05, 4.69) is 18.8 Å². The fourth-order valence-corrected chi connectivity index (χ4v) is 2.30. The molecule has 1 nitrogen and oxygen atoms in total. The minimum Gasteiger partial charge on any atom is -0.275 e. The Morgan fingerprint density at radius 2 is 1.61 bits per heavy atom. The van der Waals surface area contributed by atoms with Crippen LogP contribution in [0.2, 0.25) is 0 Å². The first-order valence-electron chi connectivity index (χ1n) is 7.67. The Hall–Kier alpha value is -2.10. The second-order valence-corrected chi connectivity index (χ2v) is 5.58. The van der Waals surface area contributed by atoms with Crippen molar-refractivity contribution in [2.75, 3.05) is 0 Å². The van der Waals surface area contributed by atoms with Gasteiger partial charge < -0.3 is 0 Å². The largest absolute Gasteiger partial charge is 0.433 e. The van der Waals surface area contributed by atoms with Crippen molar-refractivity contribution in [2.24, 2.45) is 4.99 Å². The van der Waals surface area contributed by atoms with E-state index in [1.165, 1.54) is 17.7 Å². The summed E-state index contributed by atoms with van der Waals surface area (Å²) in [6.45, 7) is 4.26. The number of hydrogen-bond acceptors (Lipinski definition) is 1. The van der Waals surface area contributed by atoms with Crippen LogP contribution in [0.3, 0.4) is 0 Å². The van der Waals surface area contributed by atoms with E-state index in [4.69, 9.17) is 0 Å². The summed E-state index contributed by atoms with van der Waals surface area (Å²) in [6.07, 6.45) is -3.43. The Morgan fingerprint density at radius 1 is 1.00 bits per heavy atom. The highest BCUT2D eigenvalue weighted by atomic mass is 19.4. The second kappa shape index (κ2) is 7.44. The van der Waals surface area contributed by atoms with Crippen LogP contribution in [0.25, 0.3) is 0 Å². The van der Waals surface area contributed by atoms with E-state index >= 15 is 0 Å². The standard InChI is InChI=1S/C19H20F3N/c1-3-14(2)16-11-9-15(10-12-16)13-23-18(19(20,21)22)17-7-5-4-6-8-17/h4-12,14H,3,13H2,1-2H3. The molecule has 0 spiro atoms. The predicted octanol–water partition coefficient (Wildman–Crippen LogP) is 5.75. The van der Waals surface area contributed by atoms with Gasteiger partial charge in [-0.3, -0.25) is 4.99 Å². The number of nitrogens with zero attached hydrogens (tertiary/aromatic N) is 1. The molecule has 0 saturated heterocycles. The highest BCUT2D eigenvalue weighted by molar-refractivity contribution is 6.04. The minimum atomic E-state index is -4.46. The smallest absolute Gasteiger partial charge is 0.275 e. The van der Waals surface area contributed by atoms with Crippen molar-refractivity contribution in [1.29, 1.82) is 0 Å². The highest BCUT2D eigenvalue weighted by Crippen LogP contribution is 2.24. The molecule has 0 aliphatic heterocycles. The molecule has 0 radical (unpaired) electrons. The van der Waals surface area contributed by atoms with Crippen molar-refractivity contribution in [2.45, 2.75) is 38.9 Å². The maximum Gasteiger partial charge on any atom is 0.433 e. The first-order valence-corrected chi connectivity index (χ1v) is 7.67. The van der Waals surface area contributed by atoms with Crippen molar-refractivity contribution in [3.05, 3.63) is 71.3 Å². The number of benzene rings is 2. The molecule has 0 heterocycles. The molecule has 0 fully saturated rings. The molecular formula is C19H20F3N. The van der Waals surface area contributed by atoms with E-state index in [1.54, 1.807) is 18.2 Å². The maximum absolute atomic E-state index is 13.2. The van der Waals surface area contributed by atoms with E-state index in [0.29, 0.717) is 5.92 Å². The summed E-state index contributed by atoms with van der Waals surface area (Å²) in [6, 6.07) is 15.3. The van der Waals surface area contributed by atoms with E-state index < -0.39 is 11.9 Å². The molecule has 0 aliphatic rings. The van der Waals surface area contributed by atoms with Crippen molar-refractivity contribution in [3.63, 3.8) is 0 Å². The van der Waals surface area contributed by atoms with Gasteiger partial charge in [-0.05, 0) is 23.5 Å². The van der Waals surface area contributed by atoms with Crippen LogP contribution in [0.5, 0.6) is 0 Å². The highest BCUT2D eigenvalue weighted by Gasteiger charge is 2.36. The van der Waals surface area contributed by atoms with E-state index in [9.17, 15) is 13.2 Å². The third kappa shape index (κ3) is 4.68. The fraction of sp³-hybridized carbons (Fsp3) is 0.316. The third-order valence-corrected chi connectivity index (χ3v) is 3.90. The van der Waals surface area contributed by atoms with Crippen LogP contribution >= 0.6 is 0 Å². The zero-order chi connectivity index (χ0) is 16.9. The SMILES string of the molecule is CCC(C)c1ccc(CN=C(c2ccccc2)C(F)(F)F)cc1. The molecule has 4 heteroatoms. The quantitative estimate of drug-likeness (QED) is 0.622. The predicted molar refractivity (Wildman–Crippen MR) is 87.9 cm³/mol. The molecule has 0 aliphatic carbocycles. The average molecular weight is 319 g/mol. The lowest BCUT2D eigenvalue weighted by atomic mass is 9.98. The number of alkyl halides is 3. The lowest BCUT2D eigenvalue weighted by Gasteiger charge is -2.12. The number of hydrogen-bond donors (Lipinski definition) is 0. The van der Waals surface area contributed by atoms with Gasteiger partial charge in [0.1, 0.15) is 5.71 Å². The average Bonchev–Trinajstić information content (AvgIpc) is 2.54. The normalized spacial score (nSPS) is 13.9. The van der Waals surface area contributed by atoms with Crippen LogP contribution in [0, 0.1) is 0 Å². The van der Waals surface area contributed by atoms with E-state index in [-0.39, 0.29) is 12.1 Å².